The Morgan fingerprint density at radius 3 is 2.53 bits per heavy atom. The molecule has 3 aromatic rings. The van der Waals surface area contributed by atoms with Gasteiger partial charge in [0.1, 0.15) is 0 Å². The molecule has 34 heavy (non-hydrogen) atoms. The van der Waals surface area contributed by atoms with E-state index in [1.54, 1.807) is 0 Å². The number of nitrogens with zero attached hydrogens (tertiary/aromatic N) is 4. The maximum Gasteiger partial charge on any atom is 0.417 e. The molecule has 5 nitrogen and oxygen atoms in total. The third-order valence-corrected chi connectivity index (χ3v) is 5.12. The van der Waals surface area contributed by atoms with Gasteiger partial charge < -0.3 is 5.32 Å². The molecule has 0 atom stereocenters. The summed E-state index contributed by atoms with van der Waals surface area (Å²) in [5.41, 5.74) is 1.89. The summed E-state index contributed by atoms with van der Waals surface area (Å²) < 4.78 is 41.3. The Kier molecular flexibility index (Phi) is 7.94. The maximum atomic E-state index is 13.8. The van der Waals surface area contributed by atoms with Crippen molar-refractivity contribution in [1.82, 2.24) is 19.9 Å². The average molecular weight is 466 g/mol. The molecule has 1 aromatic carbocycles. The van der Waals surface area contributed by atoms with Gasteiger partial charge in [-0.2, -0.15) is 13.2 Å². The predicted molar refractivity (Wildman–Crippen MR) is 131 cm³/mol. The lowest BCUT2D eigenvalue weighted by Crippen LogP contribution is -2.14. The average Bonchev–Trinajstić information content (AvgIpc) is 2.82. The van der Waals surface area contributed by atoms with Gasteiger partial charge in [0.2, 0.25) is 0 Å². The second-order valence-corrected chi connectivity index (χ2v) is 7.52. The first kappa shape index (κ1) is 24.8. The van der Waals surface area contributed by atoms with Gasteiger partial charge in [0.15, 0.2) is 22.8 Å². The fraction of sp³-hybridized carbons (Fsp3) is 0.231. The molecule has 0 aliphatic carbocycles. The third kappa shape index (κ3) is 5.57. The quantitative estimate of drug-likeness (QED) is 0.347. The van der Waals surface area contributed by atoms with Crippen molar-refractivity contribution in [1.29, 1.82) is 0 Å². The summed E-state index contributed by atoms with van der Waals surface area (Å²) >= 11 is 0. The number of halogens is 3. The van der Waals surface area contributed by atoms with Crippen LogP contribution in [0.15, 0.2) is 73.6 Å². The summed E-state index contributed by atoms with van der Waals surface area (Å²) in [6.45, 7) is 11.3. The van der Waals surface area contributed by atoms with Gasteiger partial charge in [0.05, 0.1) is 5.57 Å². The van der Waals surface area contributed by atoms with E-state index in [1.165, 1.54) is 25.4 Å². The molecule has 0 saturated carbocycles. The number of fused-ring (bicyclic) bond motifs is 1. The van der Waals surface area contributed by atoms with Crippen molar-refractivity contribution in [2.75, 3.05) is 5.32 Å². The zero-order valence-corrected chi connectivity index (χ0v) is 19.2. The van der Waals surface area contributed by atoms with Gasteiger partial charge in [-0.3, -0.25) is 0 Å². The Labute approximate surface area is 196 Å². The standard InChI is InChI=1S/C26H26F3N5/c1-5-8-12-18-13-9-10-14-20(18)17(4)32-25-22-24(31-16-15-30-22)33-23(34-25)19(7-3)21(11-6-2)26(27,28)29/h6-7,9-11,13-16H,3-5,8,12H2,1-2H3,(H,31,32,33,34)/b11-6-,21-19-. The first-order valence-corrected chi connectivity index (χ1v) is 10.9. The second-order valence-electron chi connectivity index (χ2n) is 7.52. The largest absolute Gasteiger partial charge is 0.417 e. The van der Waals surface area contributed by atoms with Gasteiger partial charge in [0.25, 0.3) is 0 Å². The number of benzene rings is 1. The fourth-order valence-electron chi connectivity index (χ4n) is 3.51. The molecule has 0 amide bonds. The van der Waals surface area contributed by atoms with E-state index in [0.29, 0.717) is 11.2 Å². The van der Waals surface area contributed by atoms with Crippen molar-refractivity contribution in [3.05, 3.63) is 90.6 Å². The van der Waals surface area contributed by atoms with Crippen molar-refractivity contribution in [3.8, 4) is 0 Å². The molecular weight excluding hydrogens is 439 g/mol. The lowest BCUT2D eigenvalue weighted by atomic mass is 10.00. The monoisotopic (exact) mass is 465 g/mol. The highest BCUT2D eigenvalue weighted by Crippen LogP contribution is 2.34. The van der Waals surface area contributed by atoms with E-state index in [9.17, 15) is 13.2 Å². The third-order valence-electron chi connectivity index (χ3n) is 5.12. The lowest BCUT2D eigenvalue weighted by molar-refractivity contribution is -0.0876. The number of aryl methyl sites for hydroxylation is 1. The van der Waals surface area contributed by atoms with Gasteiger partial charge in [-0.1, -0.05) is 69.0 Å². The van der Waals surface area contributed by atoms with Crippen LogP contribution in [0, 0.1) is 0 Å². The molecule has 0 bridgehead atoms. The van der Waals surface area contributed by atoms with Gasteiger partial charge in [0, 0.05) is 29.2 Å². The Morgan fingerprint density at radius 2 is 1.85 bits per heavy atom. The molecule has 0 saturated heterocycles. The smallest absolute Gasteiger partial charge is 0.338 e. The van der Waals surface area contributed by atoms with E-state index in [1.807, 2.05) is 24.3 Å². The van der Waals surface area contributed by atoms with Gasteiger partial charge in [-0.15, -0.1) is 0 Å². The first-order chi connectivity index (χ1) is 16.3. The van der Waals surface area contributed by atoms with Crippen LogP contribution in [0.5, 0.6) is 0 Å². The number of rotatable bonds is 9. The molecular formula is C26H26F3N5. The molecule has 0 aliphatic heterocycles. The van der Waals surface area contributed by atoms with Crippen molar-refractivity contribution in [2.24, 2.45) is 0 Å². The minimum absolute atomic E-state index is 0.156. The van der Waals surface area contributed by atoms with Crippen LogP contribution in [-0.4, -0.2) is 26.1 Å². The van der Waals surface area contributed by atoms with Crippen molar-refractivity contribution >= 4 is 28.3 Å². The summed E-state index contributed by atoms with van der Waals surface area (Å²) in [5, 5.41) is 3.14. The van der Waals surface area contributed by atoms with Crippen LogP contribution in [0.4, 0.5) is 19.0 Å². The molecule has 176 valence electrons. The Balaban J connectivity index is 2.15. The molecule has 0 aliphatic rings. The minimum Gasteiger partial charge on any atom is -0.338 e. The van der Waals surface area contributed by atoms with Crippen LogP contribution in [0.25, 0.3) is 22.4 Å². The van der Waals surface area contributed by atoms with Crippen LogP contribution < -0.4 is 5.32 Å². The number of aromatic nitrogens is 4. The Bertz CT molecular complexity index is 1260. The van der Waals surface area contributed by atoms with E-state index >= 15 is 0 Å². The van der Waals surface area contributed by atoms with Crippen molar-refractivity contribution in [2.45, 2.75) is 39.3 Å². The summed E-state index contributed by atoms with van der Waals surface area (Å²) in [5.74, 6) is 0.0488. The van der Waals surface area contributed by atoms with E-state index in [4.69, 9.17) is 0 Å². The van der Waals surface area contributed by atoms with Crippen LogP contribution in [0.1, 0.15) is 43.6 Å². The van der Waals surface area contributed by atoms with E-state index < -0.39 is 11.7 Å². The van der Waals surface area contributed by atoms with Gasteiger partial charge in [-0.05, 0) is 25.3 Å². The number of anilines is 1. The van der Waals surface area contributed by atoms with Gasteiger partial charge in [-0.25, -0.2) is 19.9 Å². The number of hydrogen-bond acceptors (Lipinski definition) is 5. The molecule has 0 spiro atoms. The predicted octanol–water partition coefficient (Wildman–Crippen LogP) is 6.92. The molecule has 0 radical (unpaired) electrons. The summed E-state index contributed by atoms with van der Waals surface area (Å²) in [6.07, 6.45) is 4.60. The molecule has 2 aromatic heterocycles. The molecule has 8 heteroatoms. The highest BCUT2D eigenvalue weighted by Gasteiger charge is 2.35. The summed E-state index contributed by atoms with van der Waals surface area (Å²) in [4.78, 5) is 17.1. The highest BCUT2D eigenvalue weighted by atomic mass is 19.4. The van der Waals surface area contributed by atoms with E-state index in [0.717, 1.165) is 42.5 Å². The van der Waals surface area contributed by atoms with E-state index in [2.05, 4.69) is 45.3 Å². The summed E-state index contributed by atoms with van der Waals surface area (Å²) in [6, 6.07) is 7.85. The molecule has 1 N–H and O–H groups in total. The fourth-order valence-corrected chi connectivity index (χ4v) is 3.51. The number of alkyl halides is 3. The lowest BCUT2D eigenvalue weighted by Gasteiger charge is -2.16. The first-order valence-electron chi connectivity index (χ1n) is 10.9. The SMILES string of the molecule is C=C/C(=C(\C=C/C)C(F)(F)F)c1nc(NC(=C)c2ccccc2CCCC)c2nccnc2n1. The van der Waals surface area contributed by atoms with Gasteiger partial charge >= 0.3 is 6.18 Å². The van der Waals surface area contributed by atoms with Crippen LogP contribution >= 0.6 is 0 Å². The molecule has 2 heterocycles. The van der Waals surface area contributed by atoms with Crippen LogP contribution in [-0.2, 0) is 6.42 Å². The van der Waals surface area contributed by atoms with E-state index in [-0.39, 0.29) is 22.9 Å². The number of unbranched alkanes of at least 4 members (excludes halogenated alkanes) is 1. The highest BCUT2D eigenvalue weighted by molar-refractivity contribution is 5.90. The minimum atomic E-state index is -4.62. The van der Waals surface area contributed by atoms with Crippen LogP contribution in [0.3, 0.4) is 0 Å². The topological polar surface area (TPSA) is 63.6 Å². The zero-order chi connectivity index (χ0) is 24.7. The Hall–Kier alpha value is -3.81. The number of hydrogen-bond donors (Lipinski definition) is 1. The molecule has 0 unspecified atom stereocenters. The summed E-state index contributed by atoms with van der Waals surface area (Å²) in [7, 11) is 0. The normalized spacial score (nSPS) is 12.6. The number of nitrogens with one attached hydrogen (secondary N) is 1. The molecule has 0 fully saturated rings. The van der Waals surface area contributed by atoms with Crippen molar-refractivity contribution < 1.29 is 13.2 Å². The molecule has 3 rings (SSSR count). The van der Waals surface area contributed by atoms with Crippen LogP contribution in [0.2, 0.25) is 0 Å². The zero-order valence-electron chi connectivity index (χ0n) is 19.2. The second kappa shape index (κ2) is 10.9. The van der Waals surface area contributed by atoms with Crippen molar-refractivity contribution in [3.63, 3.8) is 0 Å². The maximum absolute atomic E-state index is 13.8. The number of allylic oxidation sites excluding steroid dienone is 5. The Morgan fingerprint density at radius 1 is 1.12 bits per heavy atom.